The van der Waals surface area contributed by atoms with E-state index in [9.17, 15) is 4.79 Å². The molecule has 13 heavy (non-hydrogen) atoms. The van der Waals surface area contributed by atoms with Crippen LogP contribution in [0.2, 0.25) is 0 Å². The largest absolute Gasteiger partial charge is 0.464 e. The first-order valence-electron chi connectivity index (χ1n) is 4.14. The second-order valence-electron chi connectivity index (χ2n) is 2.94. The molecule has 0 radical (unpaired) electrons. The fourth-order valence-electron chi connectivity index (χ4n) is 0.639. The lowest BCUT2D eigenvalue weighted by Crippen LogP contribution is -2.31. The molecule has 0 heterocycles. The molecular formula is C9H16N2O2. The average Bonchev–Trinajstić information content (AvgIpc) is 2.05. The summed E-state index contributed by atoms with van der Waals surface area (Å²) in [5.41, 5.74) is 4.27. The molecule has 0 amide bonds. The smallest absolute Gasteiger partial charge is 0.333 e. The molecule has 4 nitrogen and oxygen atoms in total. The highest BCUT2D eigenvalue weighted by Gasteiger charge is 2.27. The Labute approximate surface area is 78.5 Å². The van der Waals surface area contributed by atoms with Gasteiger partial charge in [-0.3, -0.25) is 4.99 Å². The summed E-state index contributed by atoms with van der Waals surface area (Å²) < 4.78 is 4.83. The van der Waals surface area contributed by atoms with Gasteiger partial charge in [0.1, 0.15) is 0 Å². The second-order valence-corrected chi connectivity index (χ2v) is 2.94. The Morgan fingerprint density at radius 1 is 1.62 bits per heavy atom. The van der Waals surface area contributed by atoms with Crippen LogP contribution in [0.15, 0.2) is 17.3 Å². The van der Waals surface area contributed by atoms with Gasteiger partial charge in [0.05, 0.1) is 6.61 Å². The minimum atomic E-state index is -0.838. The van der Waals surface area contributed by atoms with Gasteiger partial charge in [-0.25, -0.2) is 4.79 Å². The average molecular weight is 184 g/mol. The van der Waals surface area contributed by atoms with Crippen LogP contribution < -0.4 is 5.73 Å². The Balaban J connectivity index is 4.29. The molecule has 0 saturated heterocycles. The minimum Gasteiger partial charge on any atom is -0.464 e. The molecule has 0 atom stereocenters. The topological polar surface area (TPSA) is 64.7 Å². The molecule has 0 aromatic heterocycles. The number of nitrogens with two attached hydrogens (primary N) is 1. The summed E-state index contributed by atoms with van der Waals surface area (Å²) >= 11 is 0. The van der Waals surface area contributed by atoms with Crippen LogP contribution in [-0.2, 0) is 9.53 Å². The molecule has 0 fully saturated rings. The summed E-state index contributed by atoms with van der Waals surface area (Å²) in [6.45, 7) is 5.50. The summed E-state index contributed by atoms with van der Waals surface area (Å²) in [7, 11) is 0. The van der Waals surface area contributed by atoms with Crippen molar-refractivity contribution >= 4 is 12.2 Å². The zero-order chi connectivity index (χ0) is 10.3. The molecule has 4 heteroatoms. The zero-order valence-electron chi connectivity index (χ0n) is 8.28. The van der Waals surface area contributed by atoms with Crippen LogP contribution >= 0.6 is 0 Å². The third-order valence-electron chi connectivity index (χ3n) is 1.37. The SMILES string of the molecule is CCOC(=O)C(C)(C)N=C/C=C\N. The molecule has 0 aromatic rings. The first-order chi connectivity index (χ1) is 6.04. The number of nitrogens with zero attached hydrogens (tertiary/aromatic N) is 1. The zero-order valence-corrected chi connectivity index (χ0v) is 8.28. The lowest BCUT2D eigenvalue weighted by Gasteiger charge is -2.16. The molecule has 0 spiro atoms. The van der Waals surface area contributed by atoms with E-state index in [4.69, 9.17) is 10.5 Å². The fourth-order valence-corrected chi connectivity index (χ4v) is 0.639. The maximum absolute atomic E-state index is 11.3. The Hall–Kier alpha value is -1.32. The van der Waals surface area contributed by atoms with E-state index in [1.54, 1.807) is 26.8 Å². The third kappa shape index (κ3) is 4.30. The number of hydrogen-bond acceptors (Lipinski definition) is 4. The van der Waals surface area contributed by atoms with E-state index in [1.807, 2.05) is 0 Å². The third-order valence-corrected chi connectivity index (χ3v) is 1.37. The number of carbonyl (C=O) groups is 1. The lowest BCUT2D eigenvalue weighted by atomic mass is 10.1. The Bertz CT molecular complexity index is 220. The van der Waals surface area contributed by atoms with Gasteiger partial charge in [0.15, 0.2) is 5.54 Å². The van der Waals surface area contributed by atoms with E-state index < -0.39 is 5.54 Å². The first-order valence-corrected chi connectivity index (χ1v) is 4.14. The van der Waals surface area contributed by atoms with Crippen LogP contribution in [0.4, 0.5) is 0 Å². The summed E-state index contributed by atoms with van der Waals surface area (Å²) in [5.74, 6) is -0.336. The Kier molecular flexibility index (Phi) is 4.80. The van der Waals surface area contributed by atoms with Gasteiger partial charge in [0.25, 0.3) is 0 Å². The van der Waals surface area contributed by atoms with Gasteiger partial charge in [-0.05, 0) is 33.0 Å². The monoisotopic (exact) mass is 184 g/mol. The Morgan fingerprint density at radius 3 is 2.69 bits per heavy atom. The standard InChI is InChI=1S/C9H16N2O2/c1-4-13-8(12)9(2,3)11-7-5-6-10/h5-7H,4,10H2,1-3H3/b6-5-,11-7?. The van der Waals surface area contributed by atoms with Crippen molar-refractivity contribution in [2.45, 2.75) is 26.3 Å². The Morgan fingerprint density at radius 2 is 2.23 bits per heavy atom. The molecule has 0 bridgehead atoms. The van der Waals surface area contributed by atoms with E-state index >= 15 is 0 Å². The van der Waals surface area contributed by atoms with Crippen molar-refractivity contribution in [3.8, 4) is 0 Å². The summed E-state index contributed by atoms with van der Waals surface area (Å²) in [5, 5.41) is 0. The molecule has 0 saturated carbocycles. The van der Waals surface area contributed by atoms with Gasteiger partial charge in [-0.15, -0.1) is 0 Å². The maximum Gasteiger partial charge on any atom is 0.333 e. The molecule has 0 aliphatic carbocycles. The fraction of sp³-hybridized carbons (Fsp3) is 0.556. The van der Waals surface area contributed by atoms with Crippen LogP contribution in [0.1, 0.15) is 20.8 Å². The van der Waals surface area contributed by atoms with Gasteiger partial charge in [-0.2, -0.15) is 0 Å². The van der Waals surface area contributed by atoms with Gasteiger partial charge >= 0.3 is 5.97 Å². The highest BCUT2D eigenvalue weighted by Crippen LogP contribution is 2.10. The van der Waals surface area contributed by atoms with Crippen LogP contribution in [0, 0.1) is 0 Å². The molecule has 74 valence electrons. The van der Waals surface area contributed by atoms with Gasteiger partial charge in [0, 0.05) is 6.21 Å². The number of rotatable bonds is 4. The van der Waals surface area contributed by atoms with Gasteiger partial charge < -0.3 is 10.5 Å². The molecule has 0 rings (SSSR count). The highest BCUT2D eigenvalue weighted by atomic mass is 16.5. The maximum atomic E-state index is 11.3. The number of esters is 1. The first kappa shape index (κ1) is 11.7. The van der Waals surface area contributed by atoms with E-state index in [1.165, 1.54) is 12.4 Å². The van der Waals surface area contributed by atoms with E-state index in [2.05, 4.69) is 4.99 Å². The highest BCUT2D eigenvalue weighted by molar-refractivity contribution is 5.83. The van der Waals surface area contributed by atoms with E-state index in [-0.39, 0.29) is 5.97 Å². The molecule has 2 N–H and O–H groups in total. The number of allylic oxidation sites excluding steroid dienone is 1. The number of carbonyl (C=O) groups excluding carboxylic acids is 1. The van der Waals surface area contributed by atoms with Crippen LogP contribution in [0.3, 0.4) is 0 Å². The molecule has 0 aliphatic heterocycles. The quantitative estimate of drug-likeness (QED) is 0.521. The molecule has 0 aromatic carbocycles. The number of ether oxygens (including phenoxy) is 1. The molecular weight excluding hydrogens is 168 g/mol. The van der Waals surface area contributed by atoms with Crippen LogP contribution in [0.25, 0.3) is 0 Å². The number of hydrogen-bond donors (Lipinski definition) is 1. The van der Waals surface area contributed by atoms with Gasteiger partial charge in [-0.1, -0.05) is 0 Å². The normalized spacial score (nSPS) is 12.5. The van der Waals surface area contributed by atoms with Gasteiger partial charge in [0.2, 0.25) is 0 Å². The van der Waals surface area contributed by atoms with Crippen molar-refractivity contribution in [1.29, 1.82) is 0 Å². The van der Waals surface area contributed by atoms with Crippen molar-refractivity contribution in [3.63, 3.8) is 0 Å². The van der Waals surface area contributed by atoms with Crippen molar-refractivity contribution in [3.05, 3.63) is 12.3 Å². The van der Waals surface area contributed by atoms with E-state index in [0.29, 0.717) is 6.61 Å². The molecule has 0 unspecified atom stereocenters. The molecule has 0 aliphatic rings. The van der Waals surface area contributed by atoms with Crippen LogP contribution in [0.5, 0.6) is 0 Å². The van der Waals surface area contributed by atoms with Crippen molar-refractivity contribution in [2.75, 3.05) is 6.61 Å². The second kappa shape index (κ2) is 5.35. The van der Waals surface area contributed by atoms with Crippen molar-refractivity contribution < 1.29 is 9.53 Å². The predicted molar refractivity (Wildman–Crippen MR) is 52.5 cm³/mol. The summed E-state index contributed by atoms with van der Waals surface area (Å²) in [4.78, 5) is 15.3. The summed E-state index contributed by atoms with van der Waals surface area (Å²) in [6.07, 6.45) is 4.39. The van der Waals surface area contributed by atoms with Crippen molar-refractivity contribution in [1.82, 2.24) is 0 Å². The lowest BCUT2D eigenvalue weighted by molar-refractivity contribution is -0.148. The number of aliphatic imine (C=N–C) groups is 1. The van der Waals surface area contributed by atoms with E-state index in [0.717, 1.165) is 0 Å². The summed E-state index contributed by atoms with van der Waals surface area (Å²) in [6, 6.07) is 0. The predicted octanol–water partition coefficient (Wildman–Crippen LogP) is 0.871. The van der Waals surface area contributed by atoms with Crippen LogP contribution in [-0.4, -0.2) is 24.3 Å². The minimum absolute atomic E-state index is 0.336. The van der Waals surface area contributed by atoms with Crippen molar-refractivity contribution in [2.24, 2.45) is 10.7 Å².